The molecule has 0 aliphatic rings. The summed E-state index contributed by atoms with van der Waals surface area (Å²) >= 11 is 24.4. The van der Waals surface area contributed by atoms with Crippen LogP contribution in [0, 0.1) is 0 Å². The molecule has 2 unspecified atom stereocenters. The number of benzene rings is 5. The summed E-state index contributed by atoms with van der Waals surface area (Å²) in [5.41, 5.74) is -1.90. The molecule has 0 aromatic heterocycles. The van der Waals surface area contributed by atoms with E-state index in [0.29, 0.717) is 23.3 Å². The molecule has 0 fully saturated rings. The summed E-state index contributed by atoms with van der Waals surface area (Å²) in [5, 5.41) is 25.1. The lowest BCUT2D eigenvalue weighted by atomic mass is 10.0. The van der Waals surface area contributed by atoms with Crippen LogP contribution in [0.5, 0.6) is 0 Å². The first-order valence-electron chi connectivity index (χ1n) is 20.3. The second-order valence-corrected chi connectivity index (χ2v) is 16.7. The summed E-state index contributed by atoms with van der Waals surface area (Å²) in [6.45, 7) is 5.65. The Morgan fingerprint density at radius 2 is 0.914 bits per heavy atom. The molecule has 2 atom stereocenters. The minimum atomic E-state index is -4.72. The van der Waals surface area contributed by atoms with E-state index in [1.165, 1.54) is 36.4 Å². The monoisotopic (exact) mass is 1050 g/mol. The van der Waals surface area contributed by atoms with Crippen LogP contribution in [0.3, 0.4) is 0 Å². The topological polar surface area (TPSA) is 200 Å². The van der Waals surface area contributed by atoms with Gasteiger partial charge in [0, 0.05) is 32.5 Å². The fourth-order valence-electron chi connectivity index (χ4n) is 6.36. The number of Topliss-reactive ketones (excluding diaryl/α,β-unsaturated/α-hetero) is 2. The number of azo groups is 2. The van der Waals surface area contributed by atoms with E-state index in [2.05, 4.69) is 41.7 Å². The average molecular weight is 1050 g/mol. The van der Waals surface area contributed by atoms with Crippen molar-refractivity contribution in [1.29, 1.82) is 0 Å². The smallest absolute Gasteiger partial charge is 0.324 e. The van der Waals surface area contributed by atoms with E-state index in [9.17, 15) is 55.1 Å². The van der Waals surface area contributed by atoms with E-state index in [-0.39, 0.29) is 78.2 Å². The third-order valence-corrected chi connectivity index (χ3v) is 10.9. The number of rotatable bonds is 16. The van der Waals surface area contributed by atoms with E-state index in [1.54, 1.807) is 13.8 Å². The van der Waals surface area contributed by atoms with Crippen LogP contribution in [0.2, 0.25) is 20.1 Å². The third kappa shape index (κ3) is 14.2. The number of carbonyl (C=O) groups excluding carboxylic acids is 6. The number of hydrogen-bond donors (Lipinski definition) is 4. The Hall–Kier alpha value is -6.74. The van der Waals surface area contributed by atoms with Gasteiger partial charge in [0.2, 0.25) is 12.1 Å². The van der Waals surface area contributed by atoms with E-state index < -0.39 is 70.8 Å². The number of nitrogens with one attached hydrogen (secondary N) is 4. The molecule has 0 saturated heterocycles. The van der Waals surface area contributed by atoms with Crippen molar-refractivity contribution in [3.05, 3.63) is 138 Å². The molecule has 0 heterocycles. The minimum Gasteiger partial charge on any atom is -0.324 e. The van der Waals surface area contributed by atoms with Gasteiger partial charge in [0.15, 0.2) is 11.6 Å². The molecule has 4 amide bonds. The third-order valence-electron chi connectivity index (χ3n) is 9.80. The Morgan fingerprint density at radius 3 is 1.27 bits per heavy atom. The Bertz CT molecular complexity index is 2940. The molecule has 366 valence electrons. The highest BCUT2D eigenvalue weighted by molar-refractivity contribution is 6.35. The number of nitrogens with zero attached hydrogens (tertiary/aromatic N) is 4. The number of aryl methyl sites for hydroxylation is 2. The summed E-state index contributed by atoms with van der Waals surface area (Å²) in [6, 6.07) is 11.5. The van der Waals surface area contributed by atoms with Crippen LogP contribution in [0.25, 0.3) is 0 Å². The minimum absolute atomic E-state index is 0.0459. The van der Waals surface area contributed by atoms with E-state index in [0.717, 1.165) is 50.2 Å². The number of amides is 4. The van der Waals surface area contributed by atoms with Crippen molar-refractivity contribution >= 4 is 116 Å². The zero-order valence-electron chi connectivity index (χ0n) is 36.7. The second kappa shape index (κ2) is 22.8. The molecule has 14 nitrogen and oxygen atoms in total. The normalized spacial score (nSPS) is 12.7. The molecular weight excluding hydrogens is 1020 g/mol. The summed E-state index contributed by atoms with van der Waals surface area (Å²) in [7, 11) is 0. The maximum absolute atomic E-state index is 13.7. The SMILES string of the molecule is CCc1cc(NC(=O)C(N=Nc2cc(Cl)cc(C(=O)Nc3cc(C(F)(F)F)ccc3Cl)c2)C(C)=O)cc(CC)c1NC(=O)C(N=Nc1cc(Cl)cc(C(=O)Nc2cc(C(F)(F)F)ccc2Cl)c1)C(C)=O. The number of hydrogen-bond acceptors (Lipinski definition) is 10. The van der Waals surface area contributed by atoms with Crippen molar-refractivity contribution in [2.75, 3.05) is 21.3 Å². The van der Waals surface area contributed by atoms with E-state index >= 15 is 0 Å². The molecule has 5 rings (SSSR count). The zero-order valence-corrected chi connectivity index (χ0v) is 39.7. The number of carbonyl (C=O) groups is 6. The van der Waals surface area contributed by atoms with Crippen LogP contribution in [-0.2, 0) is 44.4 Å². The number of ketones is 2. The molecule has 5 aromatic rings. The predicted molar refractivity (Wildman–Crippen MR) is 252 cm³/mol. The van der Waals surface area contributed by atoms with Crippen LogP contribution in [0.1, 0.15) is 70.7 Å². The van der Waals surface area contributed by atoms with Gasteiger partial charge >= 0.3 is 12.4 Å². The second-order valence-electron chi connectivity index (χ2n) is 15.0. The van der Waals surface area contributed by atoms with Crippen LogP contribution in [0.15, 0.2) is 105 Å². The van der Waals surface area contributed by atoms with Gasteiger partial charge in [-0.05, 0) is 123 Å². The lowest BCUT2D eigenvalue weighted by molar-refractivity contribution is -0.138. The van der Waals surface area contributed by atoms with Gasteiger partial charge in [-0.3, -0.25) is 28.8 Å². The van der Waals surface area contributed by atoms with Crippen LogP contribution in [0.4, 0.5) is 60.5 Å². The predicted octanol–water partition coefficient (Wildman–Crippen LogP) is 13.3. The van der Waals surface area contributed by atoms with Gasteiger partial charge in [0.25, 0.3) is 23.6 Å². The van der Waals surface area contributed by atoms with Gasteiger partial charge in [-0.25, -0.2) is 0 Å². The Morgan fingerprint density at radius 1 is 0.529 bits per heavy atom. The number of alkyl halides is 6. The molecular formula is C46H36Cl4F6N8O6. The highest BCUT2D eigenvalue weighted by Crippen LogP contribution is 2.36. The summed E-state index contributed by atoms with van der Waals surface area (Å²) in [4.78, 5) is 78.7. The molecule has 0 radical (unpaired) electrons. The van der Waals surface area contributed by atoms with E-state index in [1.807, 2.05) is 0 Å². The molecule has 5 aromatic carbocycles. The van der Waals surface area contributed by atoms with Gasteiger partial charge in [0.05, 0.1) is 43.9 Å². The van der Waals surface area contributed by atoms with Crippen molar-refractivity contribution in [3.8, 4) is 0 Å². The largest absolute Gasteiger partial charge is 0.416 e. The molecule has 70 heavy (non-hydrogen) atoms. The first-order chi connectivity index (χ1) is 32.8. The van der Waals surface area contributed by atoms with Gasteiger partial charge in [0.1, 0.15) is 0 Å². The average Bonchev–Trinajstić information content (AvgIpc) is 3.26. The molecule has 0 saturated carbocycles. The Labute approximate surface area is 414 Å². The van der Waals surface area contributed by atoms with Crippen molar-refractivity contribution in [3.63, 3.8) is 0 Å². The van der Waals surface area contributed by atoms with Gasteiger partial charge < -0.3 is 21.3 Å². The molecule has 0 bridgehead atoms. The maximum atomic E-state index is 13.7. The molecule has 24 heteroatoms. The first-order valence-corrected chi connectivity index (χ1v) is 21.9. The van der Waals surface area contributed by atoms with Gasteiger partial charge in [-0.15, -0.1) is 0 Å². The quantitative estimate of drug-likeness (QED) is 0.0430. The Balaban J connectivity index is 1.31. The summed E-state index contributed by atoms with van der Waals surface area (Å²) in [5.74, 6) is -5.13. The fourth-order valence-corrected chi connectivity index (χ4v) is 7.14. The standard InChI is InChI=1S/C46H36Cl4F6N8O6/c1-5-23-13-31(57-43(69)38(21(3)65)63-61-32-15-25(11-29(47)19-32)41(67)58-36-17-27(45(51,52)53)7-9-34(36)49)14-24(6-2)40(23)60-44(70)39(22(4)66)64-62-33-16-26(12-30(48)20-33)42(68)59-37-18-28(46(54,55)56)8-10-35(37)50/h7-20,38-39H,5-6H2,1-4H3,(H,57,69)(H,58,67)(H,59,68)(H,60,70). The maximum Gasteiger partial charge on any atom is 0.416 e. The van der Waals surface area contributed by atoms with Crippen LogP contribution < -0.4 is 21.3 Å². The van der Waals surface area contributed by atoms with E-state index in [4.69, 9.17) is 46.4 Å². The highest BCUT2D eigenvalue weighted by Gasteiger charge is 2.33. The summed E-state index contributed by atoms with van der Waals surface area (Å²) in [6.07, 6.45) is -8.88. The zero-order chi connectivity index (χ0) is 51.8. The van der Waals surface area contributed by atoms with Gasteiger partial charge in [-0.1, -0.05) is 60.3 Å². The molecule has 0 spiro atoms. The molecule has 0 aliphatic heterocycles. The first kappa shape index (κ1) is 54.2. The number of anilines is 4. The van der Waals surface area contributed by atoms with Crippen molar-refractivity contribution in [1.82, 2.24) is 0 Å². The van der Waals surface area contributed by atoms with Crippen LogP contribution in [-0.4, -0.2) is 47.3 Å². The van der Waals surface area contributed by atoms with Crippen molar-refractivity contribution in [2.45, 2.75) is 65.0 Å². The number of halogens is 10. The van der Waals surface area contributed by atoms with Crippen LogP contribution >= 0.6 is 46.4 Å². The van der Waals surface area contributed by atoms with Crippen molar-refractivity contribution < 1.29 is 55.1 Å². The highest BCUT2D eigenvalue weighted by atomic mass is 35.5. The fraction of sp³-hybridized carbons (Fsp3) is 0.217. The van der Waals surface area contributed by atoms with Crippen molar-refractivity contribution in [2.24, 2.45) is 20.5 Å². The lowest BCUT2D eigenvalue weighted by Crippen LogP contribution is -2.33. The summed E-state index contributed by atoms with van der Waals surface area (Å²) < 4.78 is 79.7. The molecule has 0 aliphatic carbocycles. The van der Waals surface area contributed by atoms with Gasteiger partial charge in [-0.2, -0.15) is 46.8 Å². The Kier molecular flexibility index (Phi) is 17.6. The molecule has 4 N–H and O–H groups in total. The lowest BCUT2D eigenvalue weighted by Gasteiger charge is -2.19.